The number of hydrogen-bond donors (Lipinski definition) is 1. The normalized spacial score (nSPS) is 14.5. The number of hydrogen-bond acceptors (Lipinski definition) is 7. The van der Waals surface area contributed by atoms with Gasteiger partial charge in [0, 0.05) is 37.9 Å². The molecule has 1 aliphatic heterocycles. The van der Waals surface area contributed by atoms with Crippen LogP contribution in [0.1, 0.15) is 5.82 Å². The molecule has 0 saturated carbocycles. The monoisotopic (exact) mass is 444 g/mol. The summed E-state index contributed by atoms with van der Waals surface area (Å²) in [6, 6.07) is 16.1. The molecule has 0 unspecified atom stereocenters. The zero-order valence-electron chi connectivity index (χ0n) is 19.0. The Bertz CT molecular complexity index is 1230. The van der Waals surface area contributed by atoms with Crippen LogP contribution < -0.4 is 10.1 Å². The first-order valence-electron chi connectivity index (χ1n) is 11.2. The van der Waals surface area contributed by atoms with Crippen molar-refractivity contribution in [2.45, 2.75) is 6.92 Å². The van der Waals surface area contributed by atoms with E-state index in [9.17, 15) is 0 Å². The van der Waals surface area contributed by atoms with Gasteiger partial charge in [-0.05, 0) is 49.4 Å². The standard InChI is InChI=1S/C25H28N6O2/c1-18-26-11-10-21(28-18)24-22-4-3-5-23(27-12-13-30-14-16-33-17-15-30)31(22)29-25(24)19-6-8-20(32-2)9-7-19/h3-11,27H,12-17H2,1-2H3. The third kappa shape index (κ3) is 4.53. The molecule has 170 valence electrons. The van der Waals surface area contributed by atoms with E-state index in [-0.39, 0.29) is 0 Å². The summed E-state index contributed by atoms with van der Waals surface area (Å²) in [5.41, 5.74) is 4.72. The summed E-state index contributed by atoms with van der Waals surface area (Å²) in [5.74, 6) is 2.49. The van der Waals surface area contributed by atoms with Crippen LogP contribution in [0.25, 0.3) is 28.0 Å². The van der Waals surface area contributed by atoms with E-state index < -0.39 is 0 Å². The second-order valence-corrected chi connectivity index (χ2v) is 8.03. The van der Waals surface area contributed by atoms with E-state index in [0.717, 1.165) is 84.8 Å². The summed E-state index contributed by atoms with van der Waals surface area (Å²) in [7, 11) is 1.67. The molecule has 3 aromatic heterocycles. The Labute approximate surface area is 193 Å². The zero-order chi connectivity index (χ0) is 22.6. The number of anilines is 1. The molecule has 0 atom stereocenters. The zero-order valence-corrected chi connectivity index (χ0v) is 19.0. The van der Waals surface area contributed by atoms with Gasteiger partial charge in [-0.15, -0.1) is 0 Å². The van der Waals surface area contributed by atoms with Crippen molar-refractivity contribution in [1.29, 1.82) is 0 Å². The number of nitrogens with one attached hydrogen (secondary N) is 1. The van der Waals surface area contributed by atoms with Crippen LogP contribution in [0.4, 0.5) is 5.82 Å². The molecule has 0 spiro atoms. The highest BCUT2D eigenvalue weighted by Gasteiger charge is 2.19. The summed E-state index contributed by atoms with van der Waals surface area (Å²) in [4.78, 5) is 11.4. The maximum Gasteiger partial charge on any atom is 0.128 e. The van der Waals surface area contributed by atoms with Crippen molar-refractivity contribution in [2.75, 3.05) is 51.8 Å². The van der Waals surface area contributed by atoms with Crippen LogP contribution in [0, 0.1) is 6.92 Å². The van der Waals surface area contributed by atoms with Gasteiger partial charge >= 0.3 is 0 Å². The first-order valence-corrected chi connectivity index (χ1v) is 11.2. The number of benzene rings is 1. The van der Waals surface area contributed by atoms with Crippen molar-refractivity contribution in [1.82, 2.24) is 24.5 Å². The molecule has 4 aromatic rings. The maximum atomic E-state index is 5.45. The highest BCUT2D eigenvalue weighted by Crippen LogP contribution is 2.35. The molecule has 4 heterocycles. The Hall–Kier alpha value is -3.49. The van der Waals surface area contributed by atoms with Crippen LogP contribution in [0.15, 0.2) is 54.7 Å². The third-order valence-corrected chi connectivity index (χ3v) is 5.89. The summed E-state index contributed by atoms with van der Waals surface area (Å²) < 4.78 is 12.8. The fourth-order valence-corrected chi connectivity index (χ4v) is 4.17. The van der Waals surface area contributed by atoms with Crippen molar-refractivity contribution in [3.63, 3.8) is 0 Å². The molecule has 33 heavy (non-hydrogen) atoms. The van der Waals surface area contributed by atoms with E-state index in [1.807, 2.05) is 41.8 Å². The van der Waals surface area contributed by atoms with Gasteiger partial charge < -0.3 is 14.8 Å². The van der Waals surface area contributed by atoms with Gasteiger partial charge in [-0.25, -0.2) is 14.5 Å². The van der Waals surface area contributed by atoms with Crippen LogP contribution in [0.5, 0.6) is 5.75 Å². The largest absolute Gasteiger partial charge is 0.497 e. The van der Waals surface area contributed by atoms with Crippen LogP contribution in [0.2, 0.25) is 0 Å². The first kappa shape index (κ1) is 21.4. The Morgan fingerprint density at radius 3 is 2.64 bits per heavy atom. The Morgan fingerprint density at radius 1 is 1.06 bits per heavy atom. The van der Waals surface area contributed by atoms with Crippen molar-refractivity contribution in [2.24, 2.45) is 0 Å². The van der Waals surface area contributed by atoms with E-state index in [1.165, 1.54) is 0 Å². The molecule has 1 fully saturated rings. The van der Waals surface area contributed by atoms with Gasteiger partial charge in [-0.1, -0.05) is 6.07 Å². The third-order valence-electron chi connectivity index (χ3n) is 5.89. The van der Waals surface area contributed by atoms with Gasteiger partial charge in [0.15, 0.2) is 0 Å². The summed E-state index contributed by atoms with van der Waals surface area (Å²) in [5, 5.41) is 8.60. The minimum absolute atomic E-state index is 0.729. The van der Waals surface area contributed by atoms with Gasteiger partial charge in [0.25, 0.3) is 0 Å². The number of aryl methyl sites for hydroxylation is 1. The van der Waals surface area contributed by atoms with Crippen molar-refractivity contribution < 1.29 is 9.47 Å². The molecule has 1 aliphatic rings. The Morgan fingerprint density at radius 2 is 1.88 bits per heavy atom. The smallest absolute Gasteiger partial charge is 0.128 e. The fourth-order valence-electron chi connectivity index (χ4n) is 4.17. The van der Waals surface area contributed by atoms with Crippen molar-refractivity contribution >= 4 is 11.3 Å². The lowest BCUT2D eigenvalue weighted by molar-refractivity contribution is 0.0398. The second kappa shape index (κ2) is 9.56. The number of fused-ring (bicyclic) bond motifs is 1. The Kier molecular flexibility index (Phi) is 6.19. The van der Waals surface area contributed by atoms with Gasteiger partial charge in [0.1, 0.15) is 23.1 Å². The molecule has 0 aliphatic carbocycles. The number of methoxy groups -OCH3 is 1. The van der Waals surface area contributed by atoms with E-state index in [1.54, 1.807) is 13.3 Å². The van der Waals surface area contributed by atoms with E-state index >= 15 is 0 Å². The van der Waals surface area contributed by atoms with Gasteiger partial charge in [0.05, 0.1) is 37.1 Å². The molecule has 0 bridgehead atoms. The predicted molar refractivity (Wildman–Crippen MR) is 129 cm³/mol. The number of ether oxygens (including phenoxy) is 2. The molecule has 1 N–H and O–H groups in total. The summed E-state index contributed by atoms with van der Waals surface area (Å²) in [6.45, 7) is 7.27. The van der Waals surface area contributed by atoms with E-state index in [0.29, 0.717) is 0 Å². The number of aromatic nitrogens is 4. The molecular formula is C25H28N6O2. The fraction of sp³-hybridized carbons (Fsp3) is 0.320. The first-order chi connectivity index (χ1) is 16.2. The highest BCUT2D eigenvalue weighted by atomic mass is 16.5. The Balaban J connectivity index is 1.54. The molecule has 1 saturated heterocycles. The molecule has 1 aromatic carbocycles. The van der Waals surface area contributed by atoms with Gasteiger partial charge in [0.2, 0.25) is 0 Å². The quantitative estimate of drug-likeness (QED) is 0.467. The topological polar surface area (TPSA) is 76.8 Å². The highest BCUT2D eigenvalue weighted by molar-refractivity contribution is 5.91. The molecule has 0 radical (unpaired) electrons. The van der Waals surface area contributed by atoms with E-state index in [2.05, 4.69) is 33.4 Å². The molecular weight excluding hydrogens is 416 g/mol. The van der Waals surface area contributed by atoms with Gasteiger partial charge in [-0.2, -0.15) is 5.10 Å². The molecule has 0 amide bonds. The van der Waals surface area contributed by atoms with Crippen LogP contribution in [-0.4, -0.2) is 71.0 Å². The summed E-state index contributed by atoms with van der Waals surface area (Å²) in [6.07, 6.45) is 1.80. The number of pyridine rings is 1. The molecule has 5 rings (SSSR count). The average Bonchev–Trinajstić information content (AvgIpc) is 3.25. The average molecular weight is 445 g/mol. The van der Waals surface area contributed by atoms with Gasteiger partial charge in [-0.3, -0.25) is 4.90 Å². The van der Waals surface area contributed by atoms with Crippen molar-refractivity contribution in [3.8, 4) is 28.3 Å². The maximum absolute atomic E-state index is 5.45. The number of rotatable bonds is 7. The van der Waals surface area contributed by atoms with E-state index in [4.69, 9.17) is 19.6 Å². The lowest BCUT2D eigenvalue weighted by Gasteiger charge is -2.26. The minimum Gasteiger partial charge on any atom is -0.497 e. The SMILES string of the molecule is COc1ccc(-c2nn3c(NCCN4CCOCC4)cccc3c2-c2ccnc(C)n2)cc1. The van der Waals surface area contributed by atoms with Crippen LogP contribution in [0.3, 0.4) is 0 Å². The van der Waals surface area contributed by atoms with Crippen LogP contribution in [-0.2, 0) is 4.74 Å². The molecule has 8 heteroatoms. The van der Waals surface area contributed by atoms with Crippen LogP contribution >= 0.6 is 0 Å². The predicted octanol–water partition coefficient (Wildman–Crippen LogP) is 3.52. The number of morpholine rings is 1. The molecule has 8 nitrogen and oxygen atoms in total. The van der Waals surface area contributed by atoms with Crippen molar-refractivity contribution in [3.05, 3.63) is 60.6 Å². The lowest BCUT2D eigenvalue weighted by atomic mass is 10.0. The second-order valence-electron chi connectivity index (χ2n) is 8.03. The minimum atomic E-state index is 0.729. The lowest BCUT2D eigenvalue weighted by Crippen LogP contribution is -2.39. The number of nitrogens with zero attached hydrogens (tertiary/aromatic N) is 5. The summed E-state index contributed by atoms with van der Waals surface area (Å²) >= 11 is 0.